The number of thiazole rings is 1. The third-order valence-electron chi connectivity index (χ3n) is 4.81. The number of methoxy groups -OCH3 is 1. The summed E-state index contributed by atoms with van der Waals surface area (Å²) in [6.07, 6.45) is 0. The highest BCUT2D eigenvalue weighted by molar-refractivity contribution is 7.98. The molecular weight excluding hydrogens is 422 g/mol. The van der Waals surface area contributed by atoms with Gasteiger partial charge in [0.05, 0.1) is 18.2 Å². The number of thioether (sulfide) groups is 1. The van der Waals surface area contributed by atoms with Gasteiger partial charge in [0.15, 0.2) is 5.16 Å². The first-order valence-corrected chi connectivity index (χ1v) is 11.9. The first kappa shape index (κ1) is 20.1. The lowest BCUT2D eigenvalue weighted by Gasteiger charge is -2.09. The maximum Gasteiger partial charge on any atom is 0.263 e. The molecule has 8 heteroatoms. The largest absolute Gasteiger partial charge is 0.497 e. The number of hydrogen-bond acceptors (Lipinski definition) is 7. The van der Waals surface area contributed by atoms with E-state index in [-0.39, 0.29) is 5.56 Å². The molecule has 0 unspecified atom stereocenters. The minimum atomic E-state index is 0.0547. The van der Waals surface area contributed by atoms with Gasteiger partial charge in [0.1, 0.15) is 15.6 Å². The van der Waals surface area contributed by atoms with Crippen molar-refractivity contribution in [3.63, 3.8) is 0 Å². The Morgan fingerprint density at radius 1 is 1.17 bits per heavy atom. The van der Waals surface area contributed by atoms with Crippen LogP contribution in [-0.4, -0.2) is 21.6 Å². The Bertz CT molecular complexity index is 1220. The van der Waals surface area contributed by atoms with Crippen LogP contribution in [0.3, 0.4) is 0 Å². The molecule has 0 spiro atoms. The van der Waals surface area contributed by atoms with Crippen LogP contribution in [0, 0.1) is 13.8 Å². The van der Waals surface area contributed by atoms with Crippen LogP contribution >= 0.6 is 34.4 Å². The van der Waals surface area contributed by atoms with Gasteiger partial charge in [-0.15, -0.1) is 22.7 Å². The first-order chi connectivity index (χ1) is 14.0. The zero-order chi connectivity index (χ0) is 20.5. The molecule has 0 atom stereocenters. The fourth-order valence-electron chi connectivity index (χ4n) is 3.08. The topological polar surface area (TPSA) is 57.0 Å². The number of aryl methyl sites for hydroxylation is 2. The Kier molecular flexibility index (Phi) is 5.76. The van der Waals surface area contributed by atoms with Gasteiger partial charge in [0.25, 0.3) is 5.56 Å². The van der Waals surface area contributed by atoms with E-state index in [0.29, 0.717) is 12.3 Å². The third-order valence-corrected chi connectivity index (χ3v) is 7.86. The van der Waals surface area contributed by atoms with Crippen LogP contribution in [-0.2, 0) is 12.3 Å². The van der Waals surface area contributed by atoms with Crippen molar-refractivity contribution < 1.29 is 4.74 Å². The van der Waals surface area contributed by atoms with Crippen LogP contribution in [0.1, 0.15) is 23.1 Å². The van der Waals surface area contributed by atoms with Crippen molar-refractivity contribution in [2.45, 2.75) is 38.2 Å². The molecule has 5 nitrogen and oxygen atoms in total. The lowest BCUT2D eigenvalue weighted by atomic mass is 10.2. The van der Waals surface area contributed by atoms with Crippen LogP contribution in [0.4, 0.5) is 0 Å². The molecule has 1 aromatic carbocycles. The van der Waals surface area contributed by atoms with Gasteiger partial charge < -0.3 is 4.74 Å². The highest BCUT2D eigenvalue weighted by atomic mass is 32.2. The van der Waals surface area contributed by atoms with Crippen molar-refractivity contribution in [1.29, 1.82) is 0 Å². The second-order valence-corrected chi connectivity index (χ2v) is 9.57. The molecule has 3 heterocycles. The fourth-order valence-corrected chi connectivity index (χ4v) is 6.03. The van der Waals surface area contributed by atoms with Crippen molar-refractivity contribution in [3.8, 4) is 16.3 Å². The molecule has 0 radical (unpaired) electrons. The Balaban J connectivity index is 1.58. The van der Waals surface area contributed by atoms with Gasteiger partial charge in [0, 0.05) is 28.1 Å². The molecule has 4 rings (SSSR count). The minimum Gasteiger partial charge on any atom is -0.497 e. The monoisotopic (exact) mass is 443 g/mol. The molecule has 0 amide bonds. The molecule has 0 saturated heterocycles. The van der Waals surface area contributed by atoms with Crippen molar-refractivity contribution in [2.24, 2.45) is 0 Å². The number of ether oxygens (including phenoxy) is 1. The molecule has 0 aliphatic heterocycles. The number of benzene rings is 1. The Morgan fingerprint density at radius 3 is 2.62 bits per heavy atom. The fraction of sp³-hybridized carbons (Fsp3) is 0.286. The molecule has 0 aliphatic rings. The van der Waals surface area contributed by atoms with Gasteiger partial charge in [-0.25, -0.2) is 9.97 Å². The summed E-state index contributed by atoms with van der Waals surface area (Å²) in [6, 6.07) is 7.91. The maximum absolute atomic E-state index is 13.0. The number of fused-ring (bicyclic) bond motifs is 1. The molecule has 3 aromatic heterocycles. The van der Waals surface area contributed by atoms with Crippen LogP contribution in [0.15, 0.2) is 39.6 Å². The van der Waals surface area contributed by atoms with Gasteiger partial charge in [-0.05, 0) is 50.6 Å². The number of nitrogens with zero attached hydrogens (tertiary/aromatic N) is 3. The van der Waals surface area contributed by atoms with Crippen molar-refractivity contribution in [2.75, 3.05) is 7.11 Å². The predicted octanol–water partition coefficient (Wildman–Crippen LogP) is 5.52. The van der Waals surface area contributed by atoms with E-state index in [0.717, 1.165) is 47.8 Å². The molecule has 0 N–H and O–H groups in total. The number of thiophene rings is 1. The number of rotatable bonds is 6. The average Bonchev–Trinajstić information content (AvgIpc) is 3.31. The average molecular weight is 444 g/mol. The van der Waals surface area contributed by atoms with E-state index in [1.807, 2.05) is 45.0 Å². The zero-order valence-electron chi connectivity index (χ0n) is 16.7. The van der Waals surface area contributed by atoms with Gasteiger partial charge in [-0.1, -0.05) is 11.8 Å². The first-order valence-electron chi connectivity index (χ1n) is 9.24. The van der Waals surface area contributed by atoms with Gasteiger partial charge in [0.2, 0.25) is 0 Å². The molecule has 0 bridgehead atoms. The molecular formula is C21H21N3O2S3. The van der Waals surface area contributed by atoms with Crippen LogP contribution in [0.25, 0.3) is 20.8 Å². The molecule has 150 valence electrons. The quantitative estimate of drug-likeness (QED) is 0.290. The Hall–Kier alpha value is -2.16. The van der Waals surface area contributed by atoms with Gasteiger partial charge in [-0.3, -0.25) is 9.36 Å². The lowest BCUT2D eigenvalue weighted by Crippen LogP contribution is -2.22. The van der Waals surface area contributed by atoms with E-state index in [1.54, 1.807) is 46.1 Å². The summed E-state index contributed by atoms with van der Waals surface area (Å²) in [5, 5.41) is 4.56. The number of aromatic nitrogens is 3. The Morgan fingerprint density at radius 2 is 1.93 bits per heavy atom. The molecule has 0 fully saturated rings. The molecule has 29 heavy (non-hydrogen) atoms. The summed E-state index contributed by atoms with van der Waals surface area (Å²) < 4.78 is 6.98. The summed E-state index contributed by atoms with van der Waals surface area (Å²) in [5.74, 6) is 1.51. The van der Waals surface area contributed by atoms with Gasteiger partial charge >= 0.3 is 0 Å². The standard InChI is InChI=1S/C21H21N3O2S3/c1-5-24-20(25)17-12(2)13(3)29-19(17)23-21(24)28-11-15-10-27-18(22-15)14-6-8-16(26-4)9-7-14/h6-10H,5,11H2,1-4H3. The van der Waals surface area contributed by atoms with E-state index in [2.05, 4.69) is 5.38 Å². The van der Waals surface area contributed by atoms with Crippen LogP contribution in [0.5, 0.6) is 5.75 Å². The second kappa shape index (κ2) is 8.30. The predicted molar refractivity (Wildman–Crippen MR) is 123 cm³/mol. The van der Waals surface area contributed by atoms with E-state index in [9.17, 15) is 4.79 Å². The van der Waals surface area contributed by atoms with E-state index < -0.39 is 0 Å². The highest BCUT2D eigenvalue weighted by Gasteiger charge is 2.16. The van der Waals surface area contributed by atoms with Crippen LogP contribution < -0.4 is 10.3 Å². The summed E-state index contributed by atoms with van der Waals surface area (Å²) in [5.41, 5.74) is 3.16. The van der Waals surface area contributed by atoms with Gasteiger partial charge in [-0.2, -0.15) is 0 Å². The van der Waals surface area contributed by atoms with Crippen molar-refractivity contribution in [3.05, 3.63) is 56.1 Å². The molecule has 4 aromatic rings. The molecule has 0 saturated carbocycles. The summed E-state index contributed by atoms with van der Waals surface area (Å²) in [6.45, 7) is 6.63. The minimum absolute atomic E-state index is 0.0547. The zero-order valence-corrected chi connectivity index (χ0v) is 19.1. The van der Waals surface area contributed by atoms with Crippen molar-refractivity contribution in [1.82, 2.24) is 14.5 Å². The summed E-state index contributed by atoms with van der Waals surface area (Å²) in [4.78, 5) is 24.5. The van der Waals surface area contributed by atoms with E-state index in [1.165, 1.54) is 0 Å². The second-order valence-electron chi connectivity index (χ2n) is 6.57. The molecule has 0 aliphatic carbocycles. The smallest absolute Gasteiger partial charge is 0.263 e. The summed E-state index contributed by atoms with van der Waals surface area (Å²) in [7, 11) is 1.66. The third kappa shape index (κ3) is 3.84. The van der Waals surface area contributed by atoms with E-state index in [4.69, 9.17) is 14.7 Å². The lowest BCUT2D eigenvalue weighted by molar-refractivity contribution is 0.415. The summed E-state index contributed by atoms with van der Waals surface area (Å²) >= 11 is 4.78. The van der Waals surface area contributed by atoms with Crippen LogP contribution in [0.2, 0.25) is 0 Å². The Labute approximate surface area is 181 Å². The SMILES string of the molecule is CCn1c(SCc2csc(-c3ccc(OC)cc3)n2)nc2sc(C)c(C)c2c1=O. The van der Waals surface area contributed by atoms with Crippen molar-refractivity contribution >= 4 is 44.7 Å². The number of hydrogen-bond donors (Lipinski definition) is 0. The maximum atomic E-state index is 13.0. The van der Waals surface area contributed by atoms with E-state index >= 15 is 0 Å². The normalized spacial score (nSPS) is 11.3. The highest BCUT2D eigenvalue weighted by Crippen LogP contribution is 2.31.